The molecule has 1 aliphatic heterocycles. The number of amides is 4. The average Bonchev–Trinajstić information content (AvgIpc) is 2.85. The second-order valence-electron chi connectivity index (χ2n) is 9.99. The van der Waals surface area contributed by atoms with Gasteiger partial charge in [-0.3, -0.25) is 4.79 Å². The molecule has 2 aromatic rings. The highest BCUT2D eigenvalue weighted by molar-refractivity contribution is 6.16. The predicted octanol–water partition coefficient (Wildman–Crippen LogP) is 3.43. The molecule has 208 valence electrons. The maximum atomic E-state index is 15.2. The van der Waals surface area contributed by atoms with E-state index in [1.807, 2.05) is 0 Å². The van der Waals surface area contributed by atoms with Crippen LogP contribution in [0, 0.1) is 23.5 Å². The van der Waals surface area contributed by atoms with Crippen molar-refractivity contribution in [3.8, 4) is 11.8 Å². The average molecular weight is 544 g/mol. The molecule has 0 aromatic heterocycles. The quantitative estimate of drug-likeness (QED) is 0.518. The zero-order valence-corrected chi connectivity index (χ0v) is 22.2. The van der Waals surface area contributed by atoms with E-state index in [9.17, 15) is 19.5 Å². The van der Waals surface area contributed by atoms with Crippen LogP contribution in [0.25, 0.3) is 0 Å². The van der Waals surface area contributed by atoms with Gasteiger partial charge >= 0.3 is 12.1 Å². The van der Waals surface area contributed by atoms with Gasteiger partial charge in [0.05, 0.1) is 25.2 Å². The van der Waals surface area contributed by atoms with Crippen molar-refractivity contribution in [1.29, 1.82) is 0 Å². The molecule has 39 heavy (non-hydrogen) atoms. The number of benzene rings is 2. The van der Waals surface area contributed by atoms with Gasteiger partial charge in [-0.1, -0.05) is 30.0 Å². The van der Waals surface area contributed by atoms with Crippen LogP contribution in [-0.4, -0.2) is 72.6 Å². The molecule has 0 saturated carbocycles. The van der Waals surface area contributed by atoms with Crippen LogP contribution in [-0.2, 0) is 14.3 Å². The van der Waals surface area contributed by atoms with E-state index in [0.717, 1.165) is 17.0 Å². The number of hydrogen-bond acceptors (Lipinski definition) is 6. The molecule has 1 atom stereocenters. The smallest absolute Gasteiger partial charge is 0.407 e. The number of nitrogens with zero attached hydrogens (tertiary/aromatic N) is 2. The van der Waals surface area contributed by atoms with Crippen LogP contribution in [0.1, 0.15) is 38.3 Å². The summed E-state index contributed by atoms with van der Waals surface area (Å²) in [6, 6.07) is 9.61. The molecular weight excluding hydrogens is 512 g/mol. The van der Waals surface area contributed by atoms with Crippen LogP contribution in [0.3, 0.4) is 0 Å². The SMILES string of the molecule is COCC1(CO)CC(=O)N(c2c(F)cc(C#Cc3ccccc3)cc2F)C(=O)N1CCNC(=O)OC(C)(C)C. The molecule has 0 spiro atoms. The number of anilines is 1. The number of carbonyl (C=O) groups is 3. The molecule has 0 radical (unpaired) electrons. The van der Waals surface area contributed by atoms with Gasteiger partial charge in [0, 0.05) is 31.3 Å². The molecule has 9 nitrogen and oxygen atoms in total. The van der Waals surface area contributed by atoms with Crippen LogP contribution < -0.4 is 10.2 Å². The largest absolute Gasteiger partial charge is 0.444 e. The summed E-state index contributed by atoms with van der Waals surface area (Å²) >= 11 is 0. The van der Waals surface area contributed by atoms with Crippen LogP contribution in [0.15, 0.2) is 42.5 Å². The van der Waals surface area contributed by atoms with Gasteiger partial charge in [0.1, 0.15) is 11.3 Å². The van der Waals surface area contributed by atoms with Gasteiger partial charge in [0.2, 0.25) is 5.91 Å². The van der Waals surface area contributed by atoms with Gasteiger partial charge in [-0.25, -0.2) is 23.3 Å². The van der Waals surface area contributed by atoms with Crippen molar-refractivity contribution in [2.24, 2.45) is 0 Å². The zero-order valence-electron chi connectivity index (χ0n) is 22.2. The summed E-state index contributed by atoms with van der Waals surface area (Å²) < 4.78 is 40.8. The predicted molar refractivity (Wildman–Crippen MR) is 139 cm³/mol. The van der Waals surface area contributed by atoms with Gasteiger partial charge in [-0.05, 0) is 45.0 Å². The first-order valence-electron chi connectivity index (χ1n) is 12.2. The molecule has 1 aliphatic rings. The number of methoxy groups -OCH3 is 1. The van der Waals surface area contributed by atoms with Crippen molar-refractivity contribution in [1.82, 2.24) is 10.2 Å². The zero-order chi connectivity index (χ0) is 28.8. The first-order valence-corrected chi connectivity index (χ1v) is 12.2. The van der Waals surface area contributed by atoms with E-state index in [2.05, 4.69) is 17.2 Å². The summed E-state index contributed by atoms with van der Waals surface area (Å²) in [4.78, 5) is 40.2. The standard InChI is InChI=1S/C28H31F2N3O6/c1-27(2,3)39-25(36)31-12-13-32-26(37)33(23(35)16-28(32,17-34)18-38-4)24-21(29)14-20(15-22(24)30)11-10-19-8-6-5-7-9-19/h5-9,14-15,34H,12-13,16-18H2,1-4H3,(H,31,36). The van der Waals surface area contributed by atoms with Crippen molar-refractivity contribution >= 4 is 23.7 Å². The number of aliphatic hydroxyl groups excluding tert-OH is 1. The third kappa shape index (κ3) is 7.10. The molecule has 1 saturated heterocycles. The lowest BCUT2D eigenvalue weighted by atomic mass is 9.91. The summed E-state index contributed by atoms with van der Waals surface area (Å²) in [5.74, 6) is 2.21. The second-order valence-corrected chi connectivity index (χ2v) is 9.99. The molecule has 2 aromatic carbocycles. The van der Waals surface area contributed by atoms with E-state index in [1.54, 1.807) is 51.1 Å². The molecule has 1 heterocycles. The Morgan fingerprint density at radius 2 is 1.72 bits per heavy atom. The number of rotatable bonds is 7. The fraction of sp³-hybridized carbons (Fsp3) is 0.393. The van der Waals surface area contributed by atoms with Crippen LogP contribution in [0.2, 0.25) is 0 Å². The van der Waals surface area contributed by atoms with Crippen LogP contribution in [0.4, 0.5) is 24.1 Å². The summed E-state index contributed by atoms with van der Waals surface area (Å²) in [5, 5.41) is 12.7. The minimum atomic E-state index is -1.51. The van der Waals surface area contributed by atoms with E-state index in [-0.39, 0.29) is 25.3 Å². The number of hydrogen-bond donors (Lipinski definition) is 2. The molecule has 1 unspecified atom stereocenters. The molecular formula is C28H31F2N3O6. The number of carbonyl (C=O) groups excluding carboxylic acids is 3. The van der Waals surface area contributed by atoms with Crippen molar-refractivity contribution in [2.45, 2.75) is 38.3 Å². The van der Waals surface area contributed by atoms with Gasteiger partial charge in [0.25, 0.3) is 0 Å². The minimum absolute atomic E-state index is 0.0111. The second kappa shape index (κ2) is 12.2. The van der Waals surface area contributed by atoms with E-state index < -0.39 is 59.5 Å². The number of nitrogens with one attached hydrogen (secondary N) is 1. The van der Waals surface area contributed by atoms with E-state index in [1.165, 1.54) is 7.11 Å². The highest BCUT2D eigenvalue weighted by atomic mass is 19.1. The Bertz CT molecular complexity index is 1260. The monoisotopic (exact) mass is 543 g/mol. The first kappa shape index (κ1) is 29.5. The van der Waals surface area contributed by atoms with Crippen molar-refractivity contribution in [3.05, 3.63) is 65.2 Å². The summed E-state index contributed by atoms with van der Waals surface area (Å²) in [6.45, 7) is 3.80. The van der Waals surface area contributed by atoms with Crippen molar-refractivity contribution < 1.29 is 37.7 Å². The lowest BCUT2D eigenvalue weighted by Gasteiger charge is -2.48. The van der Waals surface area contributed by atoms with E-state index in [4.69, 9.17) is 9.47 Å². The number of halogens is 2. The van der Waals surface area contributed by atoms with Gasteiger partial charge in [0.15, 0.2) is 11.6 Å². The molecule has 0 aliphatic carbocycles. The van der Waals surface area contributed by atoms with E-state index >= 15 is 8.78 Å². The van der Waals surface area contributed by atoms with Gasteiger partial charge < -0.3 is 24.8 Å². The molecule has 1 fully saturated rings. The Kier molecular flexibility index (Phi) is 9.27. The molecule has 4 amide bonds. The molecule has 2 N–H and O–H groups in total. The minimum Gasteiger partial charge on any atom is -0.444 e. The summed E-state index contributed by atoms with van der Waals surface area (Å²) in [5.41, 5.74) is -2.48. The summed E-state index contributed by atoms with van der Waals surface area (Å²) in [6.07, 6.45) is -1.23. The first-order chi connectivity index (χ1) is 18.4. The number of aliphatic hydroxyl groups is 1. The lowest BCUT2D eigenvalue weighted by molar-refractivity contribution is -0.126. The maximum Gasteiger partial charge on any atom is 0.407 e. The highest BCUT2D eigenvalue weighted by Crippen LogP contribution is 2.34. The van der Waals surface area contributed by atoms with Crippen LogP contribution in [0.5, 0.6) is 0 Å². The Hall–Kier alpha value is -4.01. The molecule has 3 rings (SSSR count). The third-order valence-corrected chi connectivity index (χ3v) is 5.80. The Morgan fingerprint density at radius 1 is 1.10 bits per heavy atom. The summed E-state index contributed by atoms with van der Waals surface area (Å²) in [7, 11) is 1.32. The van der Waals surface area contributed by atoms with Crippen molar-refractivity contribution in [2.75, 3.05) is 38.3 Å². The Labute approximate surface area is 225 Å². The fourth-order valence-electron chi connectivity index (χ4n) is 4.13. The number of alkyl carbamates (subject to hydrolysis) is 1. The molecule has 11 heteroatoms. The number of imide groups is 1. The number of urea groups is 1. The van der Waals surface area contributed by atoms with Crippen molar-refractivity contribution in [3.63, 3.8) is 0 Å². The maximum absolute atomic E-state index is 15.2. The Balaban J connectivity index is 1.90. The highest BCUT2D eigenvalue weighted by Gasteiger charge is 2.51. The van der Waals surface area contributed by atoms with Crippen LogP contribution >= 0.6 is 0 Å². The fourth-order valence-corrected chi connectivity index (χ4v) is 4.13. The molecule has 0 bridgehead atoms. The van der Waals surface area contributed by atoms with Gasteiger partial charge in [-0.15, -0.1) is 0 Å². The Morgan fingerprint density at radius 3 is 2.28 bits per heavy atom. The lowest BCUT2D eigenvalue weighted by Crippen LogP contribution is -2.68. The number of ether oxygens (including phenoxy) is 2. The topological polar surface area (TPSA) is 108 Å². The third-order valence-electron chi connectivity index (χ3n) is 5.80. The normalized spacial score (nSPS) is 17.5. The van der Waals surface area contributed by atoms with Gasteiger partial charge in [-0.2, -0.15) is 0 Å². The van der Waals surface area contributed by atoms with E-state index in [0.29, 0.717) is 10.5 Å².